The van der Waals surface area contributed by atoms with Crippen molar-refractivity contribution in [1.29, 1.82) is 5.26 Å². The predicted octanol–water partition coefficient (Wildman–Crippen LogP) is 2.85. The third-order valence-corrected chi connectivity index (χ3v) is 3.43. The molecule has 2 aromatic carbocycles. The highest BCUT2D eigenvalue weighted by atomic mass is 16.5. The fourth-order valence-electron chi connectivity index (χ4n) is 2.24. The van der Waals surface area contributed by atoms with Gasteiger partial charge in [-0.1, -0.05) is 30.3 Å². The zero-order valence-electron chi connectivity index (χ0n) is 13.9. The molecule has 0 heterocycles. The molecule has 6 heteroatoms. The van der Waals surface area contributed by atoms with E-state index >= 15 is 0 Å². The first-order chi connectivity index (χ1) is 12.1. The number of carbonyl (C=O) groups excluding carboxylic acids is 2. The zero-order chi connectivity index (χ0) is 18.1. The Kier molecular flexibility index (Phi) is 6.55. The molecule has 0 saturated carbocycles. The smallest absolute Gasteiger partial charge is 0.329 e. The zero-order valence-corrected chi connectivity index (χ0v) is 13.9. The second-order valence-electron chi connectivity index (χ2n) is 5.28. The van der Waals surface area contributed by atoms with E-state index in [1.807, 2.05) is 36.4 Å². The molecule has 0 aliphatic rings. The average molecular weight is 337 g/mol. The van der Waals surface area contributed by atoms with Gasteiger partial charge in [-0.3, -0.25) is 0 Å². The van der Waals surface area contributed by atoms with Crippen molar-refractivity contribution in [2.45, 2.75) is 19.4 Å². The van der Waals surface area contributed by atoms with E-state index in [0.717, 1.165) is 5.56 Å². The van der Waals surface area contributed by atoms with E-state index < -0.39 is 18.0 Å². The summed E-state index contributed by atoms with van der Waals surface area (Å²) in [4.78, 5) is 24.3. The van der Waals surface area contributed by atoms with E-state index in [0.29, 0.717) is 17.7 Å². The minimum atomic E-state index is -0.791. The molecule has 0 aliphatic carbocycles. The summed E-state index contributed by atoms with van der Waals surface area (Å²) in [6, 6.07) is 16.5. The van der Waals surface area contributed by atoms with Crippen molar-refractivity contribution in [2.75, 3.05) is 11.9 Å². The summed E-state index contributed by atoms with van der Waals surface area (Å²) in [5.41, 5.74) is 1.94. The first-order valence-electron chi connectivity index (χ1n) is 7.90. The average Bonchev–Trinajstić information content (AvgIpc) is 2.63. The summed E-state index contributed by atoms with van der Waals surface area (Å²) in [7, 11) is 0. The number of urea groups is 1. The first-order valence-corrected chi connectivity index (χ1v) is 7.90. The van der Waals surface area contributed by atoms with Gasteiger partial charge in [0.1, 0.15) is 6.04 Å². The van der Waals surface area contributed by atoms with Crippen molar-refractivity contribution in [2.24, 2.45) is 0 Å². The van der Waals surface area contributed by atoms with Gasteiger partial charge in [-0.2, -0.15) is 5.26 Å². The van der Waals surface area contributed by atoms with Gasteiger partial charge >= 0.3 is 12.0 Å². The molecule has 0 fully saturated rings. The molecule has 2 aromatic rings. The Bertz CT molecular complexity index is 752. The number of ether oxygens (including phenoxy) is 1. The second-order valence-corrected chi connectivity index (χ2v) is 5.28. The second kappa shape index (κ2) is 9.08. The van der Waals surface area contributed by atoms with Crippen molar-refractivity contribution < 1.29 is 14.3 Å². The lowest BCUT2D eigenvalue weighted by atomic mass is 10.1. The lowest BCUT2D eigenvalue weighted by molar-refractivity contribution is -0.145. The molecule has 0 spiro atoms. The normalized spacial score (nSPS) is 11.0. The number of nitrogens with zero attached hydrogens (tertiary/aromatic N) is 1. The van der Waals surface area contributed by atoms with Gasteiger partial charge in [-0.25, -0.2) is 9.59 Å². The lowest BCUT2D eigenvalue weighted by Gasteiger charge is -2.18. The summed E-state index contributed by atoms with van der Waals surface area (Å²) in [6.07, 6.45) is 0.334. The van der Waals surface area contributed by atoms with Crippen LogP contribution in [-0.4, -0.2) is 24.6 Å². The highest BCUT2D eigenvalue weighted by Gasteiger charge is 2.22. The highest BCUT2D eigenvalue weighted by molar-refractivity contribution is 5.92. The van der Waals surface area contributed by atoms with E-state index in [4.69, 9.17) is 10.00 Å². The van der Waals surface area contributed by atoms with E-state index in [2.05, 4.69) is 10.6 Å². The SMILES string of the molecule is CCOC(=O)C(Cc1ccccc1)NC(=O)Nc1ccc(C#N)cc1. The van der Waals surface area contributed by atoms with Gasteiger partial charge in [0.25, 0.3) is 0 Å². The van der Waals surface area contributed by atoms with Crippen LogP contribution in [-0.2, 0) is 16.0 Å². The summed E-state index contributed by atoms with van der Waals surface area (Å²) in [6.45, 7) is 1.96. The van der Waals surface area contributed by atoms with E-state index in [1.165, 1.54) is 0 Å². The minimum Gasteiger partial charge on any atom is -0.464 e. The molecule has 0 radical (unpaired) electrons. The van der Waals surface area contributed by atoms with E-state index in [9.17, 15) is 9.59 Å². The number of hydrogen-bond acceptors (Lipinski definition) is 4. The molecule has 2 rings (SSSR count). The van der Waals surface area contributed by atoms with Crippen LogP contribution in [0, 0.1) is 11.3 Å². The standard InChI is InChI=1S/C19H19N3O3/c1-2-25-18(23)17(12-14-6-4-3-5-7-14)22-19(24)21-16-10-8-15(13-20)9-11-16/h3-11,17H,2,12H2,1H3,(H2,21,22,24). The Morgan fingerprint density at radius 2 is 1.80 bits per heavy atom. The van der Waals surface area contributed by atoms with Crippen LogP contribution in [0.2, 0.25) is 0 Å². The quantitative estimate of drug-likeness (QED) is 0.793. The van der Waals surface area contributed by atoms with Gasteiger partial charge in [0.2, 0.25) is 0 Å². The molecule has 0 aromatic heterocycles. The Balaban J connectivity index is 2.02. The molecule has 1 atom stereocenters. The third-order valence-electron chi connectivity index (χ3n) is 3.43. The van der Waals surface area contributed by atoms with Crippen LogP contribution >= 0.6 is 0 Å². The van der Waals surface area contributed by atoms with E-state index in [1.54, 1.807) is 31.2 Å². The molecule has 2 N–H and O–H groups in total. The first kappa shape index (κ1) is 18.0. The summed E-state index contributed by atoms with van der Waals surface area (Å²) in [5.74, 6) is -0.485. The number of hydrogen-bond donors (Lipinski definition) is 2. The van der Waals surface area contributed by atoms with Gasteiger partial charge in [0.15, 0.2) is 0 Å². The Hall–Kier alpha value is -3.33. The van der Waals surface area contributed by atoms with Crippen LogP contribution < -0.4 is 10.6 Å². The lowest BCUT2D eigenvalue weighted by Crippen LogP contribution is -2.45. The van der Waals surface area contributed by atoms with Crippen molar-refractivity contribution in [1.82, 2.24) is 5.32 Å². The van der Waals surface area contributed by atoms with Crippen molar-refractivity contribution in [3.63, 3.8) is 0 Å². The van der Waals surface area contributed by atoms with Crippen molar-refractivity contribution in [3.05, 3.63) is 65.7 Å². The molecule has 128 valence electrons. The number of amides is 2. The van der Waals surface area contributed by atoms with Crippen LogP contribution in [0.1, 0.15) is 18.1 Å². The molecule has 2 amide bonds. The molecule has 1 unspecified atom stereocenters. The number of esters is 1. The predicted molar refractivity (Wildman–Crippen MR) is 93.9 cm³/mol. The third kappa shape index (κ3) is 5.66. The van der Waals surface area contributed by atoms with Crippen LogP contribution in [0.25, 0.3) is 0 Å². The van der Waals surface area contributed by atoms with Gasteiger partial charge in [0, 0.05) is 12.1 Å². The monoisotopic (exact) mass is 337 g/mol. The van der Waals surface area contributed by atoms with Crippen molar-refractivity contribution >= 4 is 17.7 Å². The summed E-state index contributed by atoms with van der Waals surface area (Å²) < 4.78 is 5.04. The van der Waals surface area contributed by atoms with Crippen LogP contribution in [0.4, 0.5) is 10.5 Å². The van der Waals surface area contributed by atoms with Crippen LogP contribution in [0.5, 0.6) is 0 Å². The van der Waals surface area contributed by atoms with Crippen molar-refractivity contribution in [3.8, 4) is 6.07 Å². The van der Waals surface area contributed by atoms with Gasteiger partial charge in [0.05, 0.1) is 18.2 Å². The maximum absolute atomic E-state index is 12.2. The van der Waals surface area contributed by atoms with Gasteiger partial charge in [-0.05, 0) is 36.8 Å². The Labute approximate surface area is 146 Å². The van der Waals surface area contributed by atoms with Gasteiger partial charge in [-0.15, -0.1) is 0 Å². The number of rotatable bonds is 6. The fraction of sp³-hybridized carbons (Fsp3) is 0.211. The number of benzene rings is 2. The molecule has 25 heavy (non-hydrogen) atoms. The van der Waals surface area contributed by atoms with Gasteiger partial charge < -0.3 is 15.4 Å². The highest BCUT2D eigenvalue weighted by Crippen LogP contribution is 2.09. The largest absolute Gasteiger partial charge is 0.464 e. The molecular weight excluding hydrogens is 318 g/mol. The minimum absolute atomic E-state index is 0.239. The number of carbonyl (C=O) groups is 2. The molecular formula is C19H19N3O3. The fourth-order valence-corrected chi connectivity index (χ4v) is 2.24. The topological polar surface area (TPSA) is 91.2 Å². The Morgan fingerprint density at radius 3 is 2.40 bits per heavy atom. The summed E-state index contributed by atoms with van der Waals surface area (Å²) >= 11 is 0. The molecule has 0 saturated heterocycles. The van der Waals surface area contributed by atoms with E-state index in [-0.39, 0.29) is 6.61 Å². The van der Waals surface area contributed by atoms with Crippen LogP contribution in [0.15, 0.2) is 54.6 Å². The number of nitrogens with one attached hydrogen (secondary N) is 2. The summed E-state index contributed by atoms with van der Waals surface area (Å²) in [5, 5.41) is 14.1. The molecule has 0 aliphatic heterocycles. The van der Waals surface area contributed by atoms with Crippen LogP contribution in [0.3, 0.4) is 0 Å². The maximum atomic E-state index is 12.2. The molecule has 6 nitrogen and oxygen atoms in total. The Morgan fingerprint density at radius 1 is 1.12 bits per heavy atom. The molecule has 0 bridgehead atoms. The maximum Gasteiger partial charge on any atom is 0.329 e. The number of anilines is 1. The number of nitriles is 1.